The Hall–Kier alpha value is -3.19. The highest BCUT2D eigenvalue weighted by Crippen LogP contribution is 2.25. The fraction of sp³-hybridized carbons (Fsp3) is 0.400. The van der Waals surface area contributed by atoms with Gasteiger partial charge in [-0.25, -0.2) is 10.2 Å². The molecule has 0 aliphatic heterocycles. The average molecular weight is 439 g/mol. The maximum absolute atomic E-state index is 12.1. The van der Waals surface area contributed by atoms with Gasteiger partial charge < -0.3 is 19.5 Å². The van der Waals surface area contributed by atoms with Gasteiger partial charge in [0.05, 0.1) is 12.5 Å². The number of nitrogens with one attached hydrogen (secondary N) is 2. The second-order valence-corrected chi connectivity index (χ2v) is 8.06. The molecule has 1 aliphatic rings. The minimum Gasteiger partial charge on any atom is -0.445 e. The lowest BCUT2D eigenvalue weighted by Crippen LogP contribution is -2.50. The molecule has 1 aliphatic carbocycles. The lowest BCUT2D eigenvalue weighted by Gasteiger charge is -2.27. The SMILES string of the molecule is C[C@@H](OCc1ccccc1)C(=N)OC(=[NH2+])C1CCC(NC(=O)OCc2ccccc2)CC1. The van der Waals surface area contributed by atoms with Crippen molar-refractivity contribution in [2.24, 2.45) is 5.92 Å². The molecule has 0 aromatic heterocycles. The molecule has 32 heavy (non-hydrogen) atoms. The molecule has 1 amide bonds. The second-order valence-electron chi connectivity index (χ2n) is 8.06. The van der Waals surface area contributed by atoms with E-state index in [0.29, 0.717) is 12.5 Å². The molecule has 1 saturated carbocycles. The minimum absolute atomic E-state index is 0.00293. The largest absolute Gasteiger partial charge is 0.445 e. The summed E-state index contributed by atoms with van der Waals surface area (Å²) in [6, 6.07) is 19.4. The molecule has 0 spiro atoms. The van der Waals surface area contributed by atoms with Gasteiger partial charge in [0.25, 0.3) is 0 Å². The highest BCUT2D eigenvalue weighted by molar-refractivity contribution is 5.90. The molecular weight excluding hydrogens is 406 g/mol. The molecule has 0 heterocycles. The lowest BCUT2D eigenvalue weighted by atomic mass is 9.86. The molecule has 1 atom stereocenters. The number of carbonyl (C=O) groups is 1. The van der Waals surface area contributed by atoms with Crippen LogP contribution in [0.15, 0.2) is 60.7 Å². The van der Waals surface area contributed by atoms with Crippen molar-refractivity contribution >= 4 is 17.9 Å². The summed E-state index contributed by atoms with van der Waals surface area (Å²) in [7, 11) is 0. The predicted molar refractivity (Wildman–Crippen MR) is 122 cm³/mol. The van der Waals surface area contributed by atoms with E-state index >= 15 is 0 Å². The van der Waals surface area contributed by atoms with Gasteiger partial charge in [-0.3, -0.25) is 5.41 Å². The molecule has 4 N–H and O–H groups in total. The van der Waals surface area contributed by atoms with Crippen molar-refractivity contribution in [3.8, 4) is 0 Å². The number of nitrogens with two attached hydrogens (primary N) is 1. The summed E-state index contributed by atoms with van der Waals surface area (Å²) in [5.74, 6) is 0.397. The van der Waals surface area contributed by atoms with Gasteiger partial charge in [0.1, 0.15) is 12.7 Å². The van der Waals surface area contributed by atoms with Gasteiger partial charge in [-0.15, -0.1) is 0 Å². The molecule has 7 nitrogen and oxygen atoms in total. The molecule has 0 bridgehead atoms. The third-order valence-electron chi connectivity index (χ3n) is 5.60. The Morgan fingerprint density at radius 3 is 2.16 bits per heavy atom. The minimum atomic E-state index is -0.494. The zero-order valence-corrected chi connectivity index (χ0v) is 18.5. The Kier molecular flexibility index (Phi) is 8.80. The zero-order valence-electron chi connectivity index (χ0n) is 18.5. The molecule has 3 rings (SSSR count). The van der Waals surface area contributed by atoms with E-state index in [1.807, 2.05) is 60.7 Å². The highest BCUT2D eigenvalue weighted by Gasteiger charge is 2.31. The zero-order chi connectivity index (χ0) is 22.8. The lowest BCUT2D eigenvalue weighted by molar-refractivity contribution is -0.142. The fourth-order valence-electron chi connectivity index (χ4n) is 3.62. The first-order valence-electron chi connectivity index (χ1n) is 11.0. The number of hydrogen-bond acceptors (Lipinski definition) is 5. The Balaban J connectivity index is 1.33. The topological polar surface area (TPSA) is 106 Å². The summed E-state index contributed by atoms with van der Waals surface area (Å²) in [6.07, 6.45) is 2.22. The van der Waals surface area contributed by atoms with Crippen LogP contribution in [0.25, 0.3) is 0 Å². The van der Waals surface area contributed by atoms with Crippen LogP contribution in [0.3, 0.4) is 0 Å². The van der Waals surface area contributed by atoms with E-state index in [4.69, 9.17) is 25.0 Å². The summed E-state index contributed by atoms with van der Waals surface area (Å²) in [5, 5.41) is 17.2. The molecule has 0 saturated heterocycles. The summed E-state index contributed by atoms with van der Waals surface area (Å²) >= 11 is 0. The molecule has 170 valence electrons. The van der Waals surface area contributed by atoms with Crippen LogP contribution in [0.1, 0.15) is 43.7 Å². The quantitative estimate of drug-likeness (QED) is 0.434. The third-order valence-corrected chi connectivity index (χ3v) is 5.60. The van der Waals surface area contributed by atoms with Crippen LogP contribution in [0.5, 0.6) is 0 Å². The molecule has 1 fully saturated rings. The van der Waals surface area contributed by atoms with Crippen molar-refractivity contribution in [2.75, 3.05) is 0 Å². The van der Waals surface area contributed by atoms with Crippen molar-refractivity contribution in [3.05, 3.63) is 71.8 Å². The molecule has 7 heteroatoms. The number of alkyl carbamates (subject to hydrolysis) is 1. The van der Waals surface area contributed by atoms with Crippen LogP contribution in [-0.4, -0.2) is 30.0 Å². The van der Waals surface area contributed by atoms with E-state index in [0.717, 1.165) is 36.8 Å². The Bertz CT molecular complexity index is 881. The van der Waals surface area contributed by atoms with Crippen molar-refractivity contribution in [1.82, 2.24) is 5.32 Å². The van der Waals surface area contributed by atoms with Crippen molar-refractivity contribution in [1.29, 1.82) is 5.41 Å². The van der Waals surface area contributed by atoms with E-state index in [9.17, 15) is 4.79 Å². The van der Waals surface area contributed by atoms with Crippen LogP contribution < -0.4 is 10.7 Å². The van der Waals surface area contributed by atoms with E-state index in [1.165, 1.54) is 0 Å². The third kappa shape index (κ3) is 7.50. The summed E-state index contributed by atoms with van der Waals surface area (Å²) in [5.41, 5.74) is 1.99. The standard InChI is InChI=1S/C25H31N3O4/c1-18(30-16-19-8-4-2-5-9-19)23(26)32-24(27)21-12-14-22(15-13-21)28-25(29)31-17-20-10-6-3-7-11-20/h2-11,18,21-22,26-27H,12-17H2,1H3,(H,28,29)/p+1/t18-,21?,22?/m1/s1. The smallest absolute Gasteiger partial charge is 0.407 e. The molecular formula is C25H32N3O4+. The number of benzene rings is 2. The summed E-state index contributed by atoms with van der Waals surface area (Å²) in [6.45, 7) is 2.44. The van der Waals surface area contributed by atoms with Crippen LogP contribution in [-0.2, 0) is 27.4 Å². The number of rotatable bonds is 8. The Morgan fingerprint density at radius 1 is 1.00 bits per heavy atom. The number of amides is 1. The van der Waals surface area contributed by atoms with E-state index in [2.05, 4.69) is 5.32 Å². The van der Waals surface area contributed by atoms with Gasteiger partial charge in [0, 0.05) is 6.04 Å². The molecule has 2 aromatic carbocycles. The molecule has 2 aromatic rings. The molecule has 0 unspecified atom stereocenters. The van der Waals surface area contributed by atoms with Crippen molar-refractivity contribution in [2.45, 2.75) is 58.0 Å². The van der Waals surface area contributed by atoms with Gasteiger partial charge in [0.15, 0.2) is 0 Å². The van der Waals surface area contributed by atoms with Gasteiger partial charge in [-0.2, -0.15) is 0 Å². The Labute approximate surface area is 189 Å². The van der Waals surface area contributed by atoms with E-state index < -0.39 is 12.2 Å². The fourth-order valence-corrected chi connectivity index (χ4v) is 3.62. The maximum atomic E-state index is 12.1. The number of hydrogen-bond donors (Lipinski definition) is 3. The summed E-state index contributed by atoms with van der Waals surface area (Å²) in [4.78, 5) is 12.1. The highest BCUT2D eigenvalue weighted by atomic mass is 16.6. The van der Waals surface area contributed by atoms with Crippen LogP contribution >= 0.6 is 0 Å². The van der Waals surface area contributed by atoms with Crippen molar-refractivity contribution < 1.29 is 24.4 Å². The van der Waals surface area contributed by atoms with Gasteiger partial charge in [-0.05, 0) is 43.7 Å². The maximum Gasteiger partial charge on any atom is 0.407 e. The van der Waals surface area contributed by atoms with Crippen LogP contribution in [0, 0.1) is 11.3 Å². The Morgan fingerprint density at radius 2 is 1.56 bits per heavy atom. The normalized spacial score (nSPS) is 18.9. The first-order chi connectivity index (χ1) is 15.5. The number of ether oxygens (including phenoxy) is 3. The van der Waals surface area contributed by atoms with E-state index in [-0.39, 0.29) is 24.5 Å². The number of carbonyl (C=O) groups excluding carboxylic acids is 1. The predicted octanol–water partition coefficient (Wildman–Crippen LogP) is 3.23. The van der Waals surface area contributed by atoms with Crippen molar-refractivity contribution in [3.63, 3.8) is 0 Å². The summed E-state index contributed by atoms with van der Waals surface area (Å²) < 4.78 is 16.6. The first kappa shape index (κ1) is 23.5. The van der Waals surface area contributed by atoms with Crippen LogP contribution in [0.4, 0.5) is 4.79 Å². The second kappa shape index (κ2) is 12.0. The first-order valence-corrected chi connectivity index (χ1v) is 11.0. The van der Waals surface area contributed by atoms with Crippen LogP contribution in [0.2, 0.25) is 0 Å². The van der Waals surface area contributed by atoms with Gasteiger partial charge >= 0.3 is 12.0 Å². The monoisotopic (exact) mass is 438 g/mol. The van der Waals surface area contributed by atoms with Gasteiger partial charge in [0.2, 0.25) is 5.90 Å². The average Bonchev–Trinajstić information content (AvgIpc) is 2.83. The van der Waals surface area contributed by atoms with Gasteiger partial charge in [-0.1, -0.05) is 60.7 Å². The molecule has 0 radical (unpaired) electrons. The van der Waals surface area contributed by atoms with E-state index in [1.54, 1.807) is 6.92 Å².